The number of pyridine rings is 1. The summed E-state index contributed by atoms with van der Waals surface area (Å²) < 4.78 is 2.82. The number of nitrogens with one attached hydrogen (secondary N) is 1. The highest BCUT2D eigenvalue weighted by Gasteiger charge is 2.48. The highest BCUT2D eigenvalue weighted by molar-refractivity contribution is 8.03. The number of quaternary nitrogens is 1. The van der Waals surface area contributed by atoms with E-state index < -0.39 is 5.41 Å². The molecule has 5 heteroatoms. The Morgan fingerprint density at radius 3 is 2.61 bits per heavy atom. The van der Waals surface area contributed by atoms with Gasteiger partial charge in [0.2, 0.25) is 11.4 Å². The number of benzene rings is 2. The van der Waals surface area contributed by atoms with E-state index in [1.165, 1.54) is 32.1 Å². The van der Waals surface area contributed by atoms with Gasteiger partial charge in [-0.2, -0.15) is 0 Å². The number of carbonyl (C=O) groups excluding carboxylic acids is 1. The van der Waals surface area contributed by atoms with Crippen molar-refractivity contribution in [2.24, 2.45) is 12.5 Å². The van der Waals surface area contributed by atoms with Crippen LogP contribution < -0.4 is 14.4 Å². The van der Waals surface area contributed by atoms with E-state index in [4.69, 9.17) is 0 Å². The summed E-state index contributed by atoms with van der Waals surface area (Å²) in [5, 5.41) is 5.34. The van der Waals surface area contributed by atoms with Crippen LogP contribution in [-0.2, 0) is 11.8 Å². The van der Waals surface area contributed by atoms with Crippen LogP contribution >= 0.6 is 11.8 Å². The number of rotatable bonds is 6. The van der Waals surface area contributed by atoms with E-state index in [-0.39, 0.29) is 5.91 Å². The molecule has 1 N–H and O–H groups in total. The molecule has 0 saturated heterocycles. The van der Waals surface area contributed by atoms with Crippen molar-refractivity contribution in [1.82, 2.24) is 9.80 Å². The summed E-state index contributed by atoms with van der Waals surface area (Å²) in [5.74, 6) is 0.0707. The van der Waals surface area contributed by atoms with Crippen molar-refractivity contribution in [3.63, 3.8) is 0 Å². The molecule has 0 fully saturated rings. The molecular weight excluding hydrogens is 426 g/mol. The van der Waals surface area contributed by atoms with Crippen molar-refractivity contribution < 1.29 is 9.36 Å². The summed E-state index contributed by atoms with van der Waals surface area (Å²) in [6.45, 7) is 7.88. The number of allylic oxidation sites excluding steroid dienone is 2. The molecule has 1 atom stereocenters. The molecule has 2 aromatic carbocycles. The van der Waals surface area contributed by atoms with Gasteiger partial charge in [-0.1, -0.05) is 36.4 Å². The van der Waals surface area contributed by atoms with Crippen molar-refractivity contribution in [3.05, 3.63) is 83.5 Å². The van der Waals surface area contributed by atoms with E-state index in [9.17, 15) is 4.79 Å². The van der Waals surface area contributed by atoms with Gasteiger partial charge in [-0.25, -0.2) is 4.57 Å². The number of hydrogen-bond acceptors (Lipinski definition) is 2. The van der Waals surface area contributed by atoms with Gasteiger partial charge in [0.25, 0.3) is 0 Å². The van der Waals surface area contributed by atoms with Gasteiger partial charge in [-0.05, 0) is 50.2 Å². The quantitative estimate of drug-likeness (QED) is 0.394. The van der Waals surface area contributed by atoms with E-state index in [0.717, 1.165) is 6.54 Å². The molecule has 0 bridgehead atoms. The smallest absolute Gasteiger partial charge is 0.231 e. The van der Waals surface area contributed by atoms with E-state index in [1.807, 2.05) is 25.6 Å². The molecule has 33 heavy (non-hydrogen) atoms. The Hall–Kier alpha value is -2.89. The van der Waals surface area contributed by atoms with Crippen LogP contribution in [0.5, 0.6) is 0 Å². The fraction of sp³-hybridized carbons (Fsp3) is 0.286. The minimum atomic E-state index is -0.504. The van der Waals surface area contributed by atoms with Crippen LogP contribution in [0.3, 0.4) is 0 Å². The maximum atomic E-state index is 12.7. The number of aromatic nitrogens is 1. The minimum absolute atomic E-state index is 0.0707. The van der Waals surface area contributed by atoms with E-state index >= 15 is 0 Å². The fourth-order valence-corrected chi connectivity index (χ4v) is 6.18. The molecule has 170 valence electrons. The van der Waals surface area contributed by atoms with Crippen molar-refractivity contribution in [3.8, 4) is 0 Å². The second-order valence-electron chi connectivity index (χ2n) is 9.24. The largest absolute Gasteiger partial charge is 0.359 e. The normalized spacial score (nSPS) is 19.4. The highest BCUT2D eigenvalue weighted by atomic mass is 32.2. The number of carbonyl (C=O) groups is 1. The lowest BCUT2D eigenvalue weighted by molar-refractivity contribution is -0.644. The molecule has 1 aliphatic rings. The average Bonchev–Trinajstić information content (AvgIpc) is 3.13. The van der Waals surface area contributed by atoms with Gasteiger partial charge < -0.3 is 5.32 Å². The van der Waals surface area contributed by atoms with Crippen LogP contribution in [0.2, 0.25) is 0 Å². The number of amides is 1. The first-order valence-electron chi connectivity index (χ1n) is 11.5. The standard InChI is InChI=1S/C28H32N3OS/c1-6-31(20-28(2,3)27(32)29-4)24-15-9-10-16-25(24)33-26(31)17-11-12-21-18-19-30(5)23-14-8-7-13-22(21)23/h7-19H,6,20H2,1-5H3/q+1/p+1/b12-11+,26-17-. The molecule has 1 aliphatic heterocycles. The second kappa shape index (κ2) is 9.16. The molecule has 0 saturated carbocycles. The van der Waals surface area contributed by atoms with Gasteiger partial charge in [-0.15, -0.1) is 0 Å². The van der Waals surface area contributed by atoms with Gasteiger partial charge >= 0.3 is 0 Å². The van der Waals surface area contributed by atoms with E-state index in [1.54, 1.807) is 7.05 Å². The van der Waals surface area contributed by atoms with Crippen LogP contribution in [0, 0.1) is 5.41 Å². The van der Waals surface area contributed by atoms with Gasteiger partial charge in [0.15, 0.2) is 16.9 Å². The number of thioether (sulfide) groups is 1. The summed E-state index contributed by atoms with van der Waals surface area (Å²) in [6.07, 6.45) is 8.68. The van der Waals surface area contributed by atoms with E-state index in [2.05, 4.69) is 103 Å². The fourth-order valence-electron chi connectivity index (χ4n) is 4.85. The van der Waals surface area contributed by atoms with Crippen molar-refractivity contribution in [2.45, 2.75) is 25.7 Å². The van der Waals surface area contributed by atoms with Crippen LogP contribution in [0.25, 0.3) is 17.0 Å². The number of hydrogen-bond donors (Lipinski definition) is 1. The maximum absolute atomic E-state index is 12.7. The molecule has 4 nitrogen and oxygen atoms in total. The first-order valence-corrected chi connectivity index (χ1v) is 12.3. The maximum Gasteiger partial charge on any atom is 0.231 e. The third-order valence-electron chi connectivity index (χ3n) is 6.60. The Labute approximate surface area is 201 Å². The lowest BCUT2D eigenvalue weighted by Gasteiger charge is -2.39. The SMILES string of the molecule is CC[N+]1(CC(C)(C)C(=O)NC)/C(=C/C=C/c2cc[n+](C)c3ccccc23)Sc2ccccc21. The zero-order valence-electron chi connectivity index (χ0n) is 20.1. The first-order chi connectivity index (χ1) is 15.8. The topological polar surface area (TPSA) is 33.0 Å². The Balaban J connectivity index is 1.76. The molecule has 0 radical (unpaired) electrons. The molecule has 1 amide bonds. The summed E-state index contributed by atoms with van der Waals surface area (Å²) in [5.41, 5.74) is 3.18. The Morgan fingerprint density at radius 2 is 1.85 bits per heavy atom. The summed E-state index contributed by atoms with van der Waals surface area (Å²) in [7, 11) is 3.79. The lowest BCUT2D eigenvalue weighted by atomic mass is 9.90. The second-order valence-corrected chi connectivity index (χ2v) is 10.3. The van der Waals surface area contributed by atoms with Crippen molar-refractivity contribution in [1.29, 1.82) is 0 Å². The molecule has 2 heterocycles. The molecule has 3 aromatic rings. The number of para-hydroxylation sites is 2. The van der Waals surface area contributed by atoms with Gasteiger partial charge in [0, 0.05) is 31.3 Å². The van der Waals surface area contributed by atoms with Crippen LogP contribution in [-0.4, -0.2) is 26.0 Å². The van der Waals surface area contributed by atoms with Gasteiger partial charge in [-0.3, -0.25) is 9.28 Å². The van der Waals surface area contributed by atoms with Crippen LogP contribution in [0.15, 0.2) is 82.9 Å². The average molecular weight is 460 g/mol. The number of fused-ring (bicyclic) bond motifs is 2. The molecule has 0 aliphatic carbocycles. The first kappa shape index (κ1) is 23.3. The lowest BCUT2D eigenvalue weighted by Crippen LogP contribution is -2.54. The molecule has 4 rings (SSSR count). The predicted molar refractivity (Wildman–Crippen MR) is 140 cm³/mol. The number of nitrogens with zero attached hydrogens (tertiary/aromatic N) is 2. The Kier molecular flexibility index (Phi) is 6.46. The molecular formula is C28H33N3OS+2. The van der Waals surface area contributed by atoms with Gasteiger partial charge in [0.05, 0.1) is 22.2 Å². The molecule has 1 aromatic heterocycles. The summed E-state index contributed by atoms with van der Waals surface area (Å²) >= 11 is 1.82. The third kappa shape index (κ3) is 4.23. The van der Waals surface area contributed by atoms with Gasteiger partial charge in [0.1, 0.15) is 13.6 Å². The predicted octanol–water partition coefficient (Wildman–Crippen LogP) is 5.42. The number of aryl methyl sites for hydroxylation is 1. The monoisotopic (exact) mass is 459 g/mol. The van der Waals surface area contributed by atoms with E-state index in [0.29, 0.717) is 11.0 Å². The third-order valence-corrected chi connectivity index (χ3v) is 7.86. The van der Waals surface area contributed by atoms with Crippen LogP contribution in [0.1, 0.15) is 26.3 Å². The van der Waals surface area contributed by atoms with Crippen molar-refractivity contribution in [2.75, 3.05) is 20.1 Å². The Morgan fingerprint density at radius 1 is 1.12 bits per heavy atom. The summed E-state index contributed by atoms with van der Waals surface area (Å²) in [4.78, 5) is 14.0. The zero-order chi connectivity index (χ0) is 23.6. The highest BCUT2D eigenvalue weighted by Crippen LogP contribution is 2.52. The Bertz CT molecular complexity index is 1260. The molecule has 1 unspecified atom stereocenters. The molecule has 0 spiro atoms. The van der Waals surface area contributed by atoms with Crippen LogP contribution in [0.4, 0.5) is 5.69 Å². The zero-order valence-corrected chi connectivity index (χ0v) is 20.9. The van der Waals surface area contributed by atoms with Crippen molar-refractivity contribution >= 4 is 40.3 Å². The summed E-state index contributed by atoms with van der Waals surface area (Å²) in [6, 6.07) is 19.2. The minimum Gasteiger partial charge on any atom is -0.359 e.